The van der Waals surface area contributed by atoms with Gasteiger partial charge in [-0.2, -0.15) is 4.57 Å². The Morgan fingerprint density at radius 1 is 1.43 bits per heavy atom. The van der Waals surface area contributed by atoms with E-state index >= 15 is 0 Å². The highest BCUT2D eigenvalue weighted by atomic mass is 16.5. The lowest BCUT2D eigenvalue weighted by atomic mass is 10.1. The Morgan fingerprint density at radius 3 is 2.57 bits per heavy atom. The third-order valence-electron chi connectivity index (χ3n) is 2.00. The molecule has 0 aliphatic heterocycles. The van der Waals surface area contributed by atoms with Crippen molar-refractivity contribution < 1.29 is 14.1 Å². The number of nitrogens with zero attached hydrogens (tertiary/aromatic N) is 1. The summed E-state index contributed by atoms with van der Waals surface area (Å²) in [6.07, 6.45) is 3.73. The summed E-state index contributed by atoms with van der Waals surface area (Å²) in [6, 6.07) is 3.59. The lowest BCUT2D eigenvalue weighted by Gasteiger charge is -2.12. The fraction of sp³-hybridized carbons (Fsp3) is 0.455. The van der Waals surface area contributed by atoms with Crippen molar-refractivity contribution in [3.8, 4) is 0 Å². The molecule has 3 nitrogen and oxygen atoms in total. The van der Waals surface area contributed by atoms with E-state index < -0.39 is 0 Å². The Morgan fingerprint density at radius 2 is 2.07 bits per heavy atom. The molecular formula is C11H16NO2+. The molecule has 1 aromatic heterocycles. The largest absolute Gasteiger partial charge is 0.465 e. The minimum atomic E-state index is -0.302. The highest BCUT2D eigenvalue weighted by Crippen LogP contribution is 2.05. The molecule has 0 amide bonds. The van der Waals surface area contributed by atoms with Crippen molar-refractivity contribution in [3.63, 3.8) is 0 Å². The molecular weight excluding hydrogens is 178 g/mol. The second-order valence-electron chi connectivity index (χ2n) is 4.16. The molecule has 0 bridgehead atoms. The standard InChI is InChI=1S/C11H16NO2/c1-11(2,3)12-7-5-6-9(8-12)10(13)14-4/h5-8H,1-4H3/q+1. The summed E-state index contributed by atoms with van der Waals surface area (Å²) < 4.78 is 6.64. The molecule has 1 aromatic rings. The minimum absolute atomic E-state index is 0.0238. The first-order valence-electron chi connectivity index (χ1n) is 4.55. The number of pyridine rings is 1. The molecule has 0 radical (unpaired) electrons. The Labute approximate surface area is 84.3 Å². The summed E-state index contributed by atoms with van der Waals surface area (Å²) in [5.41, 5.74) is 0.550. The van der Waals surface area contributed by atoms with E-state index in [2.05, 4.69) is 25.5 Å². The zero-order valence-corrected chi connectivity index (χ0v) is 9.07. The topological polar surface area (TPSA) is 30.2 Å². The maximum atomic E-state index is 11.3. The minimum Gasteiger partial charge on any atom is -0.465 e. The van der Waals surface area contributed by atoms with Gasteiger partial charge in [0, 0.05) is 26.8 Å². The van der Waals surface area contributed by atoms with Crippen molar-refractivity contribution in [1.29, 1.82) is 0 Å². The van der Waals surface area contributed by atoms with Crippen LogP contribution in [0.2, 0.25) is 0 Å². The van der Waals surface area contributed by atoms with Gasteiger partial charge in [0.25, 0.3) is 0 Å². The molecule has 0 fully saturated rings. The number of ether oxygens (including phenoxy) is 1. The predicted octanol–water partition coefficient (Wildman–Crippen LogP) is 1.52. The zero-order valence-electron chi connectivity index (χ0n) is 9.07. The van der Waals surface area contributed by atoms with Gasteiger partial charge >= 0.3 is 5.97 Å². The van der Waals surface area contributed by atoms with Crippen LogP contribution in [-0.2, 0) is 10.3 Å². The Bertz CT molecular complexity index is 339. The second kappa shape index (κ2) is 3.78. The Balaban J connectivity index is 3.08. The molecule has 0 N–H and O–H groups in total. The van der Waals surface area contributed by atoms with Crippen molar-refractivity contribution in [3.05, 3.63) is 30.1 Å². The molecule has 3 heteroatoms. The van der Waals surface area contributed by atoms with Crippen LogP contribution >= 0.6 is 0 Å². The van der Waals surface area contributed by atoms with Gasteiger partial charge in [-0.05, 0) is 6.07 Å². The van der Waals surface area contributed by atoms with Crippen LogP contribution in [0, 0.1) is 0 Å². The summed E-state index contributed by atoms with van der Waals surface area (Å²) in [5, 5.41) is 0. The molecule has 0 saturated carbocycles. The van der Waals surface area contributed by atoms with E-state index in [4.69, 9.17) is 0 Å². The second-order valence-corrected chi connectivity index (χ2v) is 4.16. The van der Waals surface area contributed by atoms with E-state index in [0.29, 0.717) is 5.56 Å². The Kier molecular flexibility index (Phi) is 2.89. The molecule has 0 aliphatic rings. The van der Waals surface area contributed by atoms with Gasteiger partial charge < -0.3 is 4.74 Å². The number of methoxy groups -OCH3 is 1. The summed E-state index contributed by atoms with van der Waals surface area (Å²) in [4.78, 5) is 11.3. The predicted molar refractivity (Wildman–Crippen MR) is 53.0 cm³/mol. The summed E-state index contributed by atoms with van der Waals surface area (Å²) in [5.74, 6) is -0.302. The van der Waals surface area contributed by atoms with Crippen LogP contribution in [0.1, 0.15) is 31.1 Å². The average molecular weight is 194 g/mol. The first-order valence-corrected chi connectivity index (χ1v) is 4.55. The van der Waals surface area contributed by atoms with Crippen LogP contribution in [0.3, 0.4) is 0 Å². The van der Waals surface area contributed by atoms with E-state index in [1.807, 2.05) is 16.8 Å². The van der Waals surface area contributed by atoms with Crippen molar-refractivity contribution in [2.24, 2.45) is 0 Å². The number of carbonyl (C=O) groups is 1. The first kappa shape index (κ1) is 10.7. The molecule has 0 aliphatic carbocycles. The van der Waals surface area contributed by atoms with Gasteiger partial charge in [0.1, 0.15) is 5.56 Å². The van der Waals surface area contributed by atoms with Crippen LogP contribution in [0.25, 0.3) is 0 Å². The summed E-state index contributed by atoms with van der Waals surface area (Å²) in [7, 11) is 1.39. The number of aromatic nitrogens is 1. The SMILES string of the molecule is COC(=O)c1ccc[n+](C(C)(C)C)c1. The van der Waals surface area contributed by atoms with E-state index in [1.54, 1.807) is 12.3 Å². The van der Waals surface area contributed by atoms with Crippen LogP contribution < -0.4 is 4.57 Å². The summed E-state index contributed by atoms with van der Waals surface area (Å²) in [6.45, 7) is 6.23. The smallest absolute Gasteiger partial charge is 0.343 e. The van der Waals surface area contributed by atoms with E-state index in [1.165, 1.54) is 7.11 Å². The summed E-state index contributed by atoms with van der Waals surface area (Å²) >= 11 is 0. The quantitative estimate of drug-likeness (QED) is 0.501. The van der Waals surface area contributed by atoms with E-state index in [0.717, 1.165) is 0 Å². The van der Waals surface area contributed by atoms with Gasteiger partial charge in [-0.3, -0.25) is 0 Å². The van der Waals surface area contributed by atoms with Gasteiger partial charge in [0.2, 0.25) is 0 Å². The number of hydrogen-bond acceptors (Lipinski definition) is 2. The molecule has 14 heavy (non-hydrogen) atoms. The number of rotatable bonds is 1. The Hall–Kier alpha value is -1.38. The first-order chi connectivity index (χ1) is 6.45. The number of esters is 1. The van der Waals surface area contributed by atoms with Crippen molar-refractivity contribution in [2.75, 3.05) is 7.11 Å². The van der Waals surface area contributed by atoms with Gasteiger partial charge in [-0.1, -0.05) is 0 Å². The van der Waals surface area contributed by atoms with Crippen LogP contribution in [0.4, 0.5) is 0 Å². The highest BCUT2D eigenvalue weighted by Gasteiger charge is 2.22. The van der Waals surface area contributed by atoms with Crippen LogP contribution in [0.15, 0.2) is 24.5 Å². The average Bonchev–Trinajstić information content (AvgIpc) is 2.15. The third kappa shape index (κ3) is 2.31. The molecule has 0 atom stereocenters. The van der Waals surface area contributed by atoms with Gasteiger partial charge in [-0.15, -0.1) is 0 Å². The van der Waals surface area contributed by atoms with Crippen molar-refractivity contribution in [1.82, 2.24) is 0 Å². The fourth-order valence-electron chi connectivity index (χ4n) is 1.13. The van der Waals surface area contributed by atoms with Crippen molar-refractivity contribution >= 4 is 5.97 Å². The molecule has 0 spiro atoms. The van der Waals surface area contributed by atoms with E-state index in [9.17, 15) is 4.79 Å². The maximum absolute atomic E-state index is 11.3. The molecule has 76 valence electrons. The van der Waals surface area contributed by atoms with Crippen LogP contribution in [0.5, 0.6) is 0 Å². The van der Waals surface area contributed by atoms with Crippen LogP contribution in [-0.4, -0.2) is 13.1 Å². The fourth-order valence-corrected chi connectivity index (χ4v) is 1.13. The normalized spacial score (nSPS) is 11.1. The van der Waals surface area contributed by atoms with Gasteiger partial charge in [0.15, 0.2) is 17.9 Å². The lowest BCUT2D eigenvalue weighted by Crippen LogP contribution is -2.50. The third-order valence-corrected chi connectivity index (χ3v) is 2.00. The zero-order chi connectivity index (χ0) is 10.8. The van der Waals surface area contributed by atoms with Gasteiger partial charge in [-0.25, -0.2) is 4.79 Å². The molecule has 0 unspecified atom stereocenters. The lowest BCUT2D eigenvalue weighted by molar-refractivity contribution is -0.754. The monoisotopic (exact) mass is 194 g/mol. The molecule has 0 aromatic carbocycles. The van der Waals surface area contributed by atoms with Crippen molar-refractivity contribution in [2.45, 2.75) is 26.3 Å². The van der Waals surface area contributed by atoms with Gasteiger partial charge in [0.05, 0.1) is 7.11 Å². The molecule has 1 rings (SSSR count). The molecule has 0 saturated heterocycles. The van der Waals surface area contributed by atoms with E-state index in [-0.39, 0.29) is 11.5 Å². The number of hydrogen-bond donors (Lipinski definition) is 0. The highest BCUT2D eigenvalue weighted by molar-refractivity contribution is 5.88. The molecule has 1 heterocycles. The number of carbonyl (C=O) groups excluding carboxylic acids is 1. The maximum Gasteiger partial charge on any atom is 0.343 e.